The predicted molar refractivity (Wildman–Crippen MR) is 96.4 cm³/mol. The van der Waals surface area contributed by atoms with Crippen LogP contribution in [0.5, 0.6) is 0 Å². The first kappa shape index (κ1) is 18.5. The molecule has 130 valence electrons. The lowest BCUT2D eigenvalue weighted by molar-refractivity contribution is 0.125. The number of hydrogen-bond donors (Lipinski definition) is 0. The van der Waals surface area contributed by atoms with Crippen molar-refractivity contribution in [1.29, 1.82) is 0 Å². The van der Waals surface area contributed by atoms with E-state index in [0.717, 1.165) is 24.7 Å². The predicted octanol–water partition coefficient (Wildman–Crippen LogP) is 6.05. The molecule has 2 saturated carbocycles. The molecule has 3 heteroatoms. The van der Waals surface area contributed by atoms with Crippen LogP contribution in [0.3, 0.4) is 0 Å². The molecule has 2 rings (SSSR count). The van der Waals surface area contributed by atoms with Gasteiger partial charge in [0.15, 0.2) is 0 Å². The van der Waals surface area contributed by atoms with Crippen LogP contribution in [0.4, 0.5) is 0 Å². The van der Waals surface area contributed by atoms with E-state index in [4.69, 9.17) is 8.85 Å². The Morgan fingerprint density at radius 1 is 0.909 bits per heavy atom. The molecule has 0 radical (unpaired) electrons. The maximum atomic E-state index is 6.59. The van der Waals surface area contributed by atoms with Crippen LogP contribution in [0, 0.1) is 11.3 Å². The van der Waals surface area contributed by atoms with Crippen LogP contribution in [0.15, 0.2) is 0 Å². The Labute approximate surface area is 139 Å². The third kappa shape index (κ3) is 4.15. The molecule has 0 N–H and O–H groups in total. The molecular weight excluding hydrogens is 288 g/mol. The van der Waals surface area contributed by atoms with Crippen LogP contribution >= 0.6 is 0 Å². The monoisotopic (exact) mass is 326 g/mol. The maximum Gasteiger partial charge on any atom is 0.344 e. The molecule has 0 aromatic rings. The fourth-order valence-electron chi connectivity index (χ4n) is 5.00. The van der Waals surface area contributed by atoms with Crippen molar-refractivity contribution in [2.45, 2.75) is 97.1 Å². The van der Waals surface area contributed by atoms with Gasteiger partial charge in [0, 0.05) is 24.3 Å². The summed E-state index contributed by atoms with van der Waals surface area (Å²) in [6, 6.07) is 0. The van der Waals surface area contributed by atoms with Crippen molar-refractivity contribution in [2.75, 3.05) is 13.2 Å². The van der Waals surface area contributed by atoms with E-state index in [1.165, 1.54) is 51.4 Å². The molecule has 2 aliphatic rings. The summed E-state index contributed by atoms with van der Waals surface area (Å²) in [6.45, 7) is 13.3. The highest BCUT2D eigenvalue weighted by Gasteiger charge is 2.54. The van der Waals surface area contributed by atoms with Crippen molar-refractivity contribution in [1.82, 2.24) is 0 Å². The van der Waals surface area contributed by atoms with Crippen molar-refractivity contribution in [3.63, 3.8) is 0 Å². The molecule has 0 aliphatic heterocycles. The first-order valence-electron chi connectivity index (χ1n) is 9.71. The van der Waals surface area contributed by atoms with E-state index >= 15 is 0 Å². The second-order valence-corrected chi connectivity index (χ2v) is 12.2. The van der Waals surface area contributed by atoms with Crippen molar-refractivity contribution < 1.29 is 8.85 Å². The van der Waals surface area contributed by atoms with Crippen molar-refractivity contribution >= 4 is 8.56 Å². The van der Waals surface area contributed by atoms with E-state index < -0.39 is 8.56 Å². The average molecular weight is 327 g/mol. The Bertz CT molecular complexity index is 328. The molecule has 0 heterocycles. The lowest BCUT2D eigenvalue weighted by Gasteiger charge is -2.48. The molecule has 1 unspecified atom stereocenters. The molecule has 0 aromatic heterocycles. The fraction of sp³-hybridized carbons (Fsp3) is 1.00. The Kier molecular flexibility index (Phi) is 6.55. The van der Waals surface area contributed by atoms with Gasteiger partial charge in [-0.3, -0.25) is 0 Å². The largest absolute Gasteiger partial charge is 0.394 e. The van der Waals surface area contributed by atoms with Crippen LogP contribution in [0.1, 0.15) is 86.0 Å². The standard InChI is InChI=1S/C19H38O2Si/c1-6-20-22(21-7-2,17-12-10-16(3)11-13-17)18-9-8-14-19(4,5)15-18/h16-18H,6-15H2,1-5H3. The van der Waals surface area contributed by atoms with Gasteiger partial charge in [0.25, 0.3) is 0 Å². The van der Waals surface area contributed by atoms with E-state index in [0.29, 0.717) is 11.0 Å². The molecule has 0 saturated heterocycles. The zero-order valence-corrected chi connectivity index (χ0v) is 16.6. The summed E-state index contributed by atoms with van der Waals surface area (Å²) in [7, 11) is -2.11. The second kappa shape index (κ2) is 7.81. The minimum atomic E-state index is -2.11. The zero-order valence-electron chi connectivity index (χ0n) is 15.6. The van der Waals surface area contributed by atoms with Crippen LogP contribution in [-0.2, 0) is 8.85 Å². The van der Waals surface area contributed by atoms with E-state index in [1.54, 1.807) is 0 Å². The van der Waals surface area contributed by atoms with Gasteiger partial charge in [0.2, 0.25) is 0 Å². The lowest BCUT2D eigenvalue weighted by Crippen LogP contribution is -2.53. The van der Waals surface area contributed by atoms with E-state index in [2.05, 4.69) is 34.6 Å². The first-order chi connectivity index (χ1) is 10.4. The van der Waals surface area contributed by atoms with E-state index in [9.17, 15) is 0 Å². The fourth-order valence-corrected chi connectivity index (χ4v) is 10.2. The van der Waals surface area contributed by atoms with Crippen molar-refractivity contribution in [2.24, 2.45) is 11.3 Å². The highest BCUT2D eigenvalue weighted by Crippen LogP contribution is 2.53. The molecule has 1 atom stereocenters. The normalized spacial score (nSPS) is 32.9. The lowest BCUT2D eigenvalue weighted by atomic mass is 9.77. The zero-order chi connectivity index (χ0) is 16.2. The highest BCUT2D eigenvalue weighted by atomic mass is 28.4. The van der Waals surface area contributed by atoms with Gasteiger partial charge in [-0.2, -0.15) is 0 Å². The quantitative estimate of drug-likeness (QED) is 0.553. The summed E-state index contributed by atoms with van der Waals surface area (Å²) in [5, 5.41) is 0. The molecule has 2 nitrogen and oxygen atoms in total. The summed E-state index contributed by atoms with van der Waals surface area (Å²) >= 11 is 0. The van der Waals surface area contributed by atoms with Crippen LogP contribution in [-0.4, -0.2) is 21.8 Å². The minimum Gasteiger partial charge on any atom is -0.394 e. The van der Waals surface area contributed by atoms with Crippen molar-refractivity contribution in [3.05, 3.63) is 0 Å². The number of rotatable bonds is 6. The van der Waals surface area contributed by atoms with Gasteiger partial charge in [-0.15, -0.1) is 0 Å². The van der Waals surface area contributed by atoms with Crippen LogP contribution in [0.25, 0.3) is 0 Å². The van der Waals surface area contributed by atoms with Gasteiger partial charge in [-0.1, -0.05) is 40.0 Å². The van der Waals surface area contributed by atoms with Gasteiger partial charge in [-0.05, 0) is 57.3 Å². The van der Waals surface area contributed by atoms with Gasteiger partial charge in [-0.25, -0.2) is 0 Å². The minimum absolute atomic E-state index is 0.470. The Morgan fingerprint density at radius 2 is 1.50 bits per heavy atom. The molecule has 2 fully saturated rings. The topological polar surface area (TPSA) is 18.5 Å². The Morgan fingerprint density at radius 3 is 2.00 bits per heavy atom. The SMILES string of the molecule is CCO[Si](OCC)(C1CCC(C)CC1)C1CCCC(C)(C)C1. The Balaban J connectivity index is 2.23. The average Bonchev–Trinajstić information content (AvgIpc) is 2.46. The summed E-state index contributed by atoms with van der Waals surface area (Å²) in [5.41, 5.74) is 1.90. The van der Waals surface area contributed by atoms with E-state index in [-0.39, 0.29) is 0 Å². The molecule has 0 bridgehead atoms. The molecule has 0 spiro atoms. The van der Waals surface area contributed by atoms with Gasteiger partial charge in [0.05, 0.1) is 0 Å². The van der Waals surface area contributed by atoms with Crippen molar-refractivity contribution in [3.8, 4) is 0 Å². The summed E-state index contributed by atoms with van der Waals surface area (Å²) in [4.78, 5) is 0. The summed E-state index contributed by atoms with van der Waals surface area (Å²) in [5.74, 6) is 0.897. The van der Waals surface area contributed by atoms with Crippen LogP contribution in [0.2, 0.25) is 11.1 Å². The third-order valence-electron chi connectivity index (χ3n) is 6.10. The molecule has 22 heavy (non-hydrogen) atoms. The van der Waals surface area contributed by atoms with Gasteiger partial charge >= 0.3 is 8.56 Å². The Hall–Kier alpha value is 0.137. The third-order valence-corrected chi connectivity index (χ3v) is 10.9. The molecular formula is C19H38O2Si. The molecule has 2 aliphatic carbocycles. The highest BCUT2D eigenvalue weighted by molar-refractivity contribution is 6.70. The first-order valence-corrected chi connectivity index (χ1v) is 11.7. The smallest absolute Gasteiger partial charge is 0.344 e. The molecule has 0 amide bonds. The van der Waals surface area contributed by atoms with Gasteiger partial charge in [0.1, 0.15) is 0 Å². The van der Waals surface area contributed by atoms with Gasteiger partial charge < -0.3 is 8.85 Å². The number of hydrogen-bond acceptors (Lipinski definition) is 2. The summed E-state index contributed by atoms with van der Waals surface area (Å²) in [6.07, 6.45) is 10.8. The molecule has 0 aromatic carbocycles. The second-order valence-electron chi connectivity index (χ2n) is 8.50. The van der Waals surface area contributed by atoms with E-state index in [1.807, 2.05) is 0 Å². The summed E-state index contributed by atoms with van der Waals surface area (Å²) < 4.78 is 13.2. The van der Waals surface area contributed by atoms with Crippen LogP contribution < -0.4 is 0 Å². The maximum absolute atomic E-state index is 6.59.